The van der Waals surface area contributed by atoms with Gasteiger partial charge in [0.05, 0.1) is 22.5 Å². The topological polar surface area (TPSA) is 87.5 Å². The Balaban J connectivity index is 1.78. The molecule has 2 aromatic carbocycles. The van der Waals surface area contributed by atoms with Crippen molar-refractivity contribution in [2.75, 3.05) is 23.8 Å². The van der Waals surface area contributed by atoms with E-state index in [1.54, 1.807) is 18.2 Å². The molecule has 0 aliphatic carbocycles. The van der Waals surface area contributed by atoms with E-state index < -0.39 is 17.7 Å². The first-order valence-corrected chi connectivity index (χ1v) is 10.4. The molecule has 8 heteroatoms. The lowest BCUT2D eigenvalue weighted by atomic mass is 10.1. The smallest absolute Gasteiger partial charge is 0.337 e. The number of benzene rings is 2. The summed E-state index contributed by atoms with van der Waals surface area (Å²) in [7, 11) is 1.83. The number of nitrogens with zero attached hydrogens (tertiary/aromatic N) is 3. The molecule has 0 atom stereocenters. The average Bonchev–Trinajstić information content (AvgIpc) is 3.04. The van der Waals surface area contributed by atoms with Gasteiger partial charge in [-0.2, -0.15) is 5.10 Å². The largest absolute Gasteiger partial charge is 0.478 e. The highest BCUT2D eigenvalue weighted by Gasteiger charge is 2.18. The molecule has 3 aromatic rings. The highest BCUT2D eigenvalue weighted by atomic mass is 19.1. The molecule has 32 heavy (non-hydrogen) atoms. The molecular weight excluding hydrogens is 411 g/mol. The number of nitrogens with one attached hydrogen (secondary N) is 1. The van der Waals surface area contributed by atoms with Gasteiger partial charge in [-0.15, -0.1) is 0 Å². The number of carbonyl (C=O) groups excluding carboxylic acids is 1. The van der Waals surface area contributed by atoms with Crippen LogP contribution in [0.25, 0.3) is 0 Å². The second-order valence-corrected chi connectivity index (χ2v) is 7.61. The van der Waals surface area contributed by atoms with Crippen molar-refractivity contribution in [3.05, 3.63) is 76.4 Å². The van der Waals surface area contributed by atoms with Crippen LogP contribution < -0.4 is 10.2 Å². The number of halogens is 1. The van der Waals surface area contributed by atoms with E-state index in [1.165, 1.54) is 24.3 Å². The number of aryl methyl sites for hydroxylation is 2. The van der Waals surface area contributed by atoms with Crippen molar-refractivity contribution >= 4 is 23.3 Å². The van der Waals surface area contributed by atoms with E-state index in [4.69, 9.17) is 0 Å². The minimum Gasteiger partial charge on any atom is -0.478 e. The number of carboxylic acids is 1. The van der Waals surface area contributed by atoms with Gasteiger partial charge >= 0.3 is 5.97 Å². The zero-order chi connectivity index (χ0) is 23.4. The fraction of sp³-hybridized carbons (Fsp3) is 0.292. The summed E-state index contributed by atoms with van der Waals surface area (Å²) in [4.78, 5) is 26.1. The monoisotopic (exact) mass is 438 g/mol. The Morgan fingerprint density at radius 3 is 2.50 bits per heavy atom. The van der Waals surface area contributed by atoms with E-state index in [0.29, 0.717) is 12.2 Å². The Bertz CT molecular complexity index is 1160. The van der Waals surface area contributed by atoms with Crippen LogP contribution in [0, 0.1) is 19.7 Å². The van der Waals surface area contributed by atoms with E-state index in [9.17, 15) is 19.1 Å². The minimum absolute atomic E-state index is 0.0523. The number of anilines is 2. The summed E-state index contributed by atoms with van der Waals surface area (Å²) in [6.07, 6.45) is 0.721. The van der Waals surface area contributed by atoms with Gasteiger partial charge in [0.1, 0.15) is 5.82 Å². The zero-order valence-electron chi connectivity index (χ0n) is 18.6. The van der Waals surface area contributed by atoms with Crippen molar-refractivity contribution in [2.24, 2.45) is 0 Å². The zero-order valence-corrected chi connectivity index (χ0v) is 18.6. The number of likely N-dealkylation sites (N-methyl/N-ethyl adjacent to an activating group) is 1. The first-order valence-electron chi connectivity index (χ1n) is 10.4. The first-order chi connectivity index (χ1) is 15.2. The maximum atomic E-state index is 13.9. The van der Waals surface area contributed by atoms with Crippen LogP contribution in [0.3, 0.4) is 0 Å². The van der Waals surface area contributed by atoms with E-state index in [-0.39, 0.29) is 16.8 Å². The average molecular weight is 439 g/mol. The fourth-order valence-electron chi connectivity index (χ4n) is 3.77. The fourth-order valence-corrected chi connectivity index (χ4v) is 3.77. The number of aromatic nitrogens is 2. The number of rotatable bonds is 8. The normalized spacial score (nSPS) is 10.8. The molecular formula is C24H27FN4O3. The van der Waals surface area contributed by atoms with Crippen molar-refractivity contribution in [1.29, 1.82) is 0 Å². The Labute approximate surface area is 186 Å². The molecule has 3 rings (SSSR count). The molecule has 0 radical (unpaired) electrons. The summed E-state index contributed by atoms with van der Waals surface area (Å²) in [5.74, 6) is -2.39. The first kappa shape index (κ1) is 23.0. The Morgan fingerprint density at radius 2 is 1.88 bits per heavy atom. The molecule has 0 bridgehead atoms. The number of carboxylic acid groups (broad SMARTS) is 1. The molecule has 1 heterocycles. The Kier molecular flexibility index (Phi) is 6.92. The van der Waals surface area contributed by atoms with Gasteiger partial charge in [0.2, 0.25) is 0 Å². The van der Waals surface area contributed by atoms with Crippen LogP contribution in [0.4, 0.5) is 15.8 Å². The molecule has 168 valence electrons. The van der Waals surface area contributed by atoms with Crippen LogP contribution in [0.15, 0.2) is 42.5 Å². The molecule has 0 unspecified atom stereocenters. The summed E-state index contributed by atoms with van der Waals surface area (Å²) in [6.45, 7) is 7.45. The standard InChI is InChI=1S/C24H27FN4O3/c1-5-29-16(3)18(15(2)27-29)12-13-28(4)22-11-10-17(14-20(22)24(31)32)26-23(30)19-8-6-7-9-21(19)25/h6-11,14H,5,12-13H2,1-4H3,(H,26,30)(H,31,32). The van der Waals surface area contributed by atoms with Gasteiger partial charge in [-0.3, -0.25) is 9.48 Å². The number of hydrogen-bond acceptors (Lipinski definition) is 4. The third-order valence-corrected chi connectivity index (χ3v) is 5.54. The minimum atomic E-state index is -1.11. The van der Waals surface area contributed by atoms with Crippen molar-refractivity contribution in [3.63, 3.8) is 0 Å². The molecule has 0 spiro atoms. The molecule has 0 saturated carbocycles. The quantitative estimate of drug-likeness (QED) is 0.548. The lowest BCUT2D eigenvalue weighted by molar-refractivity contribution is 0.0697. The van der Waals surface area contributed by atoms with Gasteiger partial charge in [0.15, 0.2) is 0 Å². The van der Waals surface area contributed by atoms with Crippen LogP contribution in [-0.2, 0) is 13.0 Å². The maximum absolute atomic E-state index is 13.9. The Hall–Kier alpha value is -3.68. The molecule has 2 N–H and O–H groups in total. The number of hydrogen-bond donors (Lipinski definition) is 2. The molecule has 0 aliphatic heterocycles. The van der Waals surface area contributed by atoms with Gasteiger partial charge in [-0.25, -0.2) is 9.18 Å². The van der Waals surface area contributed by atoms with Crippen molar-refractivity contribution in [1.82, 2.24) is 9.78 Å². The van der Waals surface area contributed by atoms with Gasteiger partial charge in [-0.05, 0) is 63.1 Å². The second-order valence-electron chi connectivity index (χ2n) is 7.61. The summed E-state index contributed by atoms with van der Waals surface area (Å²) in [6, 6.07) is 10.3. The molecule has 0 aliphatic rings. The molecule has 1 amide bonds. The van der Waals surface area contributed by atoms with Crippen molar-refractivity contribution in [2.45, 2.75) is 33.7 Å². The van der Waals surface area contributed by atoms with Gasteiger partial charge in [-0.1, -0.05) is 12.1 Å². The predicted molar refractivity (Wildman–Crippen MR) is 122 cm³/mol. The van der Waals surface area contributed by atoms with E-state index in [0.717, 1.165) is 29.9 Å². The number of aromatic carboxylic acids is 1. The highest BCUT2D eigenvalue weighted by molar-refractivity contribution is 6.05. The van der Waals surface area contributed by atoms with Gasteiger partial charge in [0, 0.05) is 31.5 Å². The van der Waals surface area contributed by atoms with Crippen LogP contribution in [0.1, 0.15) is 44.6 Å². The third kappa shape index (κ3) is 4.80. The van der Waals surface area contributed by atoms with Crippen LogP contribution in [-0.4, -0.2) is 40.4 Å². The van der Waals surface area contributed by atoms with E-state index in [1.807, 2.05) is 37.4 Å². The van der Waals surface area contributed by atoms with Crippen LogP contribution in [0.2, 0.25) is 0 Å². The van der Waals surface area contributed by atoms with Gasteiger partial charge < -0.3 is 15.3 Å². The third-order valence-electron chi connectivity index (χ3n) is 5.54. The van der Waals surface area contributed by atoms with Crippen LogP contribution in [0.5, 0.6) is 0 Å². The summed E-state index contributed by atoms with van der Waals surface area (Å²) >= 11 is 0. The second kappa shape index (κ2) is 9.64. The number of carbonyl (C=O) groups is 2. The van der Waals surface area contributed by atoms with Crippen molar-refractivity contribution in [3.8, 4) is 0 Å². The lowest BCUT2D eigenvalue weighted by Gasteiger charge is -2.22. The predicted octanol–water partition coefficient (Wildman–Crippen LogP) is 4.29. The molecule has 7 nitrogen and oxygen atoms in total. The molecule has 0 saturated heterocycles. The van der Waals surface area contributed by atoms with Crippen molar-refractivity contribution < 1.29 is 19.1 Å². The molecule has 0 fully saturated rings. The summed E-state index contributed by atoms with van der Waals surface area (Å²) in [5, 5.41) is 16.8. The SMILES string of the molecule is CCn1nc(C)c(CCN(C)c2ccc(NC(=O)c3ccccc3F)cc2C(=O)O)c1C. The van der Waals surface area contributed by atoms with Gasteiger partial charge in [0.25, 0.3) is 5.91 Å². The van der Waals surface area contributed by atoms with E-state index in [2.05, 4.69) is 10.4 Å². The summed E-state index contributed by atoms with van der Waals surface area (Å²) in [5.41, 5.74) is 4.00. The van der Waals surface area contributed by atoms with E-state index >= 15 is 0 Å². The molecule has 1 aromatic heterocycles. The number of amides is 1. The van der Waals surface area contributed by atoms with Crippen LogP contribution >= 0.6 is 0 Å². The Morgan fingerprint density at radius 1 is 1.16 bits per heavy atom. The lowest BCUT2D eigenvalue weighted by Crippen LogP contribution is -2.23. The maximum Gasteiger partial charge on any atom is 0.337 e. The summed E-state index contributed by atoms with van der Waals surface area (Å²) < 4.78 is 15.8. The highest BCUT2D eigenvalue weighted by Crippen LogP contribution is 2.25.